The standard InChI is InChI=1S/C14H24N2S6/c17-13(15-7-1-2-8-15)21-19-11-5-6-12-20-22-14(18)16-9-3-4-10-16/h1-12H2. The van der Waals surface area contributed by atoms with Gasteiger partial charge in [0.15, 0.2) is 0 Å². The normalized spacial score (nSPS) is 18.2. The third kappa shape index (κ3) is 7.38. The van der Waals surface area contributed by atoms with Gasteiger partial charge in [0, 0.05) is 37.7 Å². The maximum Gasteiger partial charge on any atom is 0.147 e. The number of hydrogen-bond donors (Lipinski definition) is 0. The van der Waals surface area contributed by atoms with Gasteiger partial charge in [-0.3, -0.25) is 0 Å². The van der Waals surface area contributed by atoms with Crippen LogP contribution >= 0.6 is 67.6 Å². The predicted molar refractivity (Wildman–Crippen MR) is 116 cm³/mol. The minimum absolute atomic E-state index is 1.09. The monoisotopic (exact) mass is 412 g/mol. The van der Waals surface area contributed by atoms with Crippen LogP contribution in [0.15, 0.2) is 0 Å². The molecule has 2 saturated heterocycles. The van der Waals surface area contributed by atoms with E-state index in [0.29, 0.717) is 0 Å². The molecule has 0 aliphatic carbocycles. The number of rotatable bonds is 7. The van der Waals surface area contributed by atoms with Crippen LogP contribution in [0.2, 0.25) is 0 Å². The van der Waals surface area contributed by atoms with Gasteiger partial charge in [-0.15, -0.1) is 0 Å². The molecule has 0 bridgehead atoms. The molecule has 2 heterocycles. The third-order valence-electron chi connectivity index (χ3n) is 3.69. The highest BCUT2D eigenvalue weighted by molar-refractivity contribution is 8.84. The molecule has 0 radical (unpaired) electrons. The van der Waals surface area contributed by atoms with Gasteiger partial charge >= 0.3 is 0 Å². The summed E-state index contributed by atoms with van der Waals surface area (Å²) in [6.07, 6.45) is 7.76. The van der Waals surface area contributed by atoms with Gasteiger partial charge in [-0.2, -0.15) is 0 Å². The van der Waals surface area contributed by atoms with Crippen molar-refractivity contribution in [1.29, 1.82) is 0 Å². The summed E-state index contributed by atoms with van der Waals surface area (Å²) in [5.74, 6) is 2.39. The van der Waals surface area contributed by atoms with Crippen molar-refractivity contribution in [3.8, 4) is 0 Å². The summed E-state index contributed by atoms with van der Waals surface area (Å²) >= 11 is 10.9. The Hall–Kier alpha value is 1.18. The topological polar surface area (TPSA) is 6.48 Å². The van der Waals surface area contributed by atoms with Gasteiger partial charge in [0.25, 0.3) is 0 Å². The van der Waals surface area contributed by atoms with E-state index in [-0.39, 0.29) is 0 Å². The molecule has 0 aromatic heterocycles. The van der Waals surface area contributed by atoms with E-state index < -0.39 is 0 Å². The molecule has 126 valence electrons. The lowest BCUT2D eigenvalue weighted by atomic mass is 10.4. The zero-order valence-electron chi connectivity index (χ0n) is 12.8. The SMILES string of the molecule is S=C(SSCCCCSSC(=S)N1CCCC1)N1CCCC1. The number of unbranched alkanes of at least 4 members (excludes halogenated alkanes) is 1. The van der Waals surface area contributed by atoms with E-state index >= 15 is 0 Å². The first-order valence-electron chi connectivity index (χ1n) is 7.94. The molecule has 2 rings (SSSR count). The molecule has 0 saturated carbocycles. The number of nitrogens with zero attached hydrogens (tertiary/aromatic N) is 2. The van der Waals surface area contributed by atoms with Crippen molar-refractivity contribution in [1.82, 2.24) is 9.80 Å². The fourth-order valence-electron chi connectivity index (χ4n) is 2.41. The number of likely N-dealkylation sites (tertiary alicyclic amines) is 2. The summed E-state index contributed by atoms with van der Waals surface area (Å²) < 4.78 is 2.17. The first-order valence-corrected chi connectivity index (χ1v) is 13.4. The largest absolute Gasteiger partial charge is 0.357 e. The van der Waals surface area contributed by atoms with Gasteiger partial charge in [0.05, 0.1) is 0 Å². The molecular weight excluding hydrogens is 389 g/mol. The molecule has 0 spiro atoms. The average Bonchev–Trinajstić information content (AvgIpc) is 3.22. The summed E-state index contributed by atoms with van der Waals surface area (Å²) in [6.45, 7) is 4.66. The highest BCUT2D eigenvalue weighted by Crippen LogP contribution is 2.30. The van der Waals surface area contributed by atoms with Crippen molar-refractivity contribution < 1.29 is 0 Å². The molecule has 8 heteroatoms. The molecule has 0 N–H and O–H groups in total. The second-order valence-corrected chi connectivity index (χ2v) is 11.5. The van der Waals surface area contributed by atoms with E-state index in [0.717, 1.165) is 34.8 Å². The van der Waals surface area contributed by atoms with Gasteiger partial charge in [0.1, 0.15) is 8.64 Å². The summed E-state index contributed by atoms with van der Waals surface area (Å²) in [6, 6.07) is 0. The molecule has 0 unspecified atom stereocenters. The second-order valence-electron chi connectivity index (χ2n) is 5.44. The van der Waals surface area contributed by atoms with Crippen LogP contribution < -0.4 is 0 Å². The Labute approximate surface area is 161 Å². The summed E-state index contributed by atoms with van der Waals surface area (Å²) in [7, 11) is 7.42. The lowest BCUT2D eigenvalue weighted by Crippen LogP contribution is -2.22. The molecular formula is C14H24N2S6. The lowest BCUT2D eigenvalue weighted by molar-refractivity contribution is 0.539. The molecule has 0 atom stereocenters. The van der Waals surface area contributed by atoms with Crippen LogP contribution in [-0.2, 0) is 0 Å². The Morgan fingerprint density at radius 3 is 1.41 bits per heavy atom. The van der Waals surface area contributed by atoms with E-state index in [1.165, 1.54) is 50.0 Å². The summed E-state index contributed by atoms with van der Waals surface area (Å²) in [5, 5.41) is 0. The number of thiocarbonyl (C=S) groups is 2. The summed E-state index contributed by atoms with van der Waals surface area (Å²) in [5.41, 5.74) is 0. The molecule has 0 amide bonds. The second kappa shape index (κ2) is 11.7. The lowest BCUT2D eigenvalue weighted by Gasteiger charge is -2.17. The quantitative estimate of drug-likeness (QED) is 0.312. The van der Waals surface area contributed by atoms with Gasteiger partial charge in [-0.25, -0.2) is 0 Å². The number of hydrogen-bond acceptors (Lipinski definition) is 6. The fraction of sp³-hybridized carbons (Fsp3) is 0.857. The zero-order chi connectivity index (χ0) is 15.6. The highest BCUT2D eigenvalue weighted by Gasteiger charge is 2.16. The molecule has 2 nitrogen and oxygen atoms in total. The summed E-state index contributed by atoms with van der Waals surface area (Å²) in [4.78, 5) is 4.69. The molecule has 2 aliphatic rings. The Bertz CT molecular complexity index is 319. The Balaban J connectivity index is 1.38. The van der Waals surface area contributed by atoms with Crippen molar-refractivity contribution in [3.63, 3.8) is 0 Å². The van der Waals surface area contributed by atoms with Crippen LogP contribution in [0.1, 0.15) is 38.5 Å². The molecule has 0 aromatic rings. The van der Waals surface area contributed by atoms with Gasteiger partial charge in [-0.1, -0.05) is 46.0 Å². The molecule has 22 heavy (non-hydrogen) atoms. The van der Waals surface area contributed by atoms with E-state index in [2.05, 4.69) is 9.80 Å². The van der Waals surface area contributed by atoms with Gasteiger partial charge < -0.3 is 9.80 Å². The zero-order valence-corrected chi connectivity index (χ0v) is 17.7. The van der Waals surface area contributed by atoms with E-state index in [4.69, 9.17) is 24.4 Å². The maximum absolute atomic E-state index is 5.46. The van der Waals surface area contributed by atoms with Crippen molar-refractivity contribution in [3.05, 3.63) is 0 Å². The van der Waals surface area contributed by atoms with Crippen LogP contribution in [0.4, 0.5) is 0 Å². The first-order chi connectivity index (χ1) is 10.8. The van der Waals surface area contributed by atoms with Crippen LogP contribution in [-0.4, -0.2) is 56.1 Å². The first kappa shape index (κ1) is 19.5. The van der Waals surface area contributed by atoms with Crippen LogP contribution in [0.25, 0.3) is 0 Å². The maximum atomic E-state index is 5.46. The van der Waals surface area contributed by atoms with Crippen LogP contribution in [0.5, 0.6) is 0 Å². The molecule has 2 fully saturated rings. The smallest absolute Gasteiger partial charge is 0.147 e. The molecule has 2 aliphatic heterocycles. The Morgan fingerprint density at radius 1 is 0.682 bits per heavy atom. The van der Waals surface area contributed by atoms with Crippen molar-refractivity contribution in [2.24, 2.45) is 0 Å². The fourth-order valence-corrected chi connectivity index (χ4v) is 7.67. The minimum Gasteiger partial charge on any atom is -0.357 e. The van der Waals surface area contributed by atoms with Crippen molar-refractivity contribution >= 4 is 76.3 Å². The predicted octanol–water partition coefficient (Wildman–Crippen LogP) is 5.29. The van der Waals surface area contributed by atoms with Crippen molar-refractivity contribution in [2.45, 2.75) is 38.5 Å². The highest BCUT2D eigenvalue weighted by atomic mass is 33.1. The van der Waals surface area contributed by atoms with E-state index in [1.807, 2.05) is 21.6 Å². The van der Waals surface area contributed by atoms with Gasteiger partial charge in [0.2, 0.25) is 0 Å². The van der Waals surface area contributed by atoms with E-state index in [9.17, 15) is 0 Å². The van der Waals surface area contributed by atoms with E-state index in [1.54, 1.807) is 21.6 Å². The molecule has 0 aromatic carbocycles. The Morgan fingerprint density at radius 2 is 1.05 bits per heavy atom. The Kier molecular flexibility index (Phi) is 10.4. The van der Waals surface area contributed by atoms with Crippen LogP contribution in [0.3, 0.4) is 0 Å². The average molecular weight is 413 g/mol. The van der Waals surface area contributed by atoms with Gasteiger partial charge in [-0.05, 0) is 60.1 Å². The van der Waals surface area contributed by atoms with Crippen LogP contribution in [0, 0.1) is 0 Å². The van der Waals surface area contributed by atoms with Crippen molar-refractivity contribution in [2.75, 3.05) is 37.7 Å². The minimum atomic E-state index is 1.09. The third-order valence-corrected chi connectivity index (χ3v) is 9.95.